The maximum atomic E-state index is 12.6. The Bertz CT molecular complexity index is 843. The summed E-state index contributed by atoms with van der Waals surface area (Å²) in [5, 5.41) is 9.09. The van der Waals surface area contributed by atoms with Gasteiger partial charge < -0.3 is 20.7 Å². The van der Waals surface area contributed by atoms with E-state index in [9.17, 15) is 13.6 Å². The van der Waals surface area contributed by atoms with Gasteiger partial charge in [-0.1, -0.05) is 37.3 Å². The summed E-state index contributed by atoms with van der Waals surface area (Å²) in [7, 11) is 0. The average Bonchev–Trinajstić information content (AvgIpc) is 2.74. The van der Waals surface area contributed by atoms with Crippen LogP contribution in [0.4, 0.5) is 8.78 Å². The topological polar surface area (TPSA) is 74.8 Å². The van der Waals surface area contributed by atoms with E-state index in [0.29, 0.717) is 36.7 Å². The largest absolute Gasteiger partial charge is 0.434 e. The fourth-order valence-corrected chi connectivity index (χ4v) is 2.70. The van der Waals surface area contributed by atoms with Gasteiger partial charge >= 0.3 is 6.61 Å². The third-order valence-electron chi connectivity index (χ3n) is 4.12. The number of hydrogen-bond donors (Lipinski definition) is 3. The van der Waals surface area contributed by atoms with Crippen molar-refractivity contribution < 1.29 is 18.3 Å². The summed E-state index contributed by atoms with van der Waals surface area (Å²) in [5.41, 5.74) is 2.07. The predicted octanol–water partition coefficient (Wildman–Crippen LogP) is 3.68. The molecule has 0 bridgehead atoms. The number of carbonyl (C=O) groups is 1. The van der Waals surface area contributed by atoms with Crippen LogP contribution >= 0.6 is 0 Å². The minimum atomic E-state index is -2.88. The highest BCUT2D eigenvalue weighted by Crippen LogP contribution is 2.19. The van der Waals surface area contributed by atoms with Crippen LogP contribution in [0.5, 0.6) is 5.75 Å². The van der Waals surface area contributed by atoms with E-state index in [0.717, 1.165) is 12.0 Å². The second-order valence-corrected chi connectivity index (χ2v) is 6.49. The zero-order valence-electron chi connectivity index (χ0n) is 17.3. The number of hydrogen-bond acceptors (Lipinski definition) is 3. The highest BCUT2D eigenvalue weighted by atomic mass is 19.3. The maximum absolute atomic E-state index is 12.6. The Kier molecular flexibility index (Phi) is 9.57. The summed E-state index contributed by atoms with van der Waals surface area (Å²) in [6, 6.07) is 13.9. The first-order valence-electron chi connectivity index (χ1n) is 9.95. The molecule has 3 N–H and O–H groups in total. The molecule has 0 fully saturated rings. The number of nitrogens with zero attached hydrogens (tertiary/aromatic N) is 1. The summed E-state index contributed by atoms with van der Waals surface area (Å²) < 4.78 is 29.7. The van der Waals surface area contributed by atoms with Crippen LogP contribution in [0.3, 0.4) is 0 Å². The lowest BCUT2D eigenvalue weighted by atomic mass is 10.1. The second-order valence-electron chi connectivity index (χ2n) is 6.49. The first-order valence-corrected chi connectivity index (χ1v) is 9.95. The number of para-hydroxylation sites is 1. The predicted molar refractivity (Wildman–Crippen MR) is 114 cm³/mol. The molecule has 0 aliphatic heterocycles. The molecule has 0 aromatic heterocycles. The monoisotopic (exact) mass is 418 g/mol. The van der Waals surface area contributed by atoms with Gasteiger partial charge in [0.2, 0.25) is 0 Å². The third kappa shape index (κ3) is 7.69. The van der Waals surface area contributed by atoms with E-state index in [1.165, 1.54) is 6.07 Å². The molecule has 0 radical (unpaired) electrons. The van der Waals surface area contributed by atoms with E-state index in [1.54, 1.807) is 24.3 Å². The molecule has 0 atom stereocenters. The molecule has 0 aliphatic carbocycles. The molecule has 0 heterocycles. The van der Waals surface area contributed by atoms with Gasteiger partial charge in [-0.2, -0.15) is 8.78 Å². The lowest BCUT2D eigenvalue weighted by molar-refractivity contribution is -0.0504. The molecule has 0 saturated heterocycles. The van der Waals surface area contributed by atoms with E-state index < -0.39 is 6.61 Å². The number of carbonyl (C=O) groups excluding carboxylic acids is 1. The maximum Gasteiger partial charge on any atom is 0.387 e. The van der Waals surface area contributed by atoms with Gasteiger partial charge in [0.15, 0.2) is 5.96 Å². The van der Waals surface area contributed by atoms with Gasteiger partial charge in [-0.25, -0.2) is 4.99 Å². The van der Waals surface area contributed by atoms with Gasteiger partial charge in [-0.3, -0.25) is 4.79 Å². The molecule has 162 valence electrons. The third-order valence-corrected chi connectivity index (χ3v) is 4.12. The molecule has 0 spiro atoms. The fraction of sp³-hybridized carbons (Fsp3) is 0.364. The quantitative estimate of drug-likeness (QED) is 0.406. The van der Waals surface area contributed by atoms with Crippen molar-refractivity contribution in [2.24, 2.45) is 4.99 Å². The summed E-state index contributed by atoms with van der Waals surface area (Å²) >= 11 is 0. The van der Waals surface area contributed by atoms with Crippen LogP contribution in [-0.4, -0.2) is 31.6 Å². The Hall–Kier alpha value is -3.16. The van der Waals surface area contributed by atoms with Crippen LogP contribution < -0.4 is 20.7 Å². The van der Waals surface area contributed by atoms with Crippen molar-refractivity contribution in [3.05, 3.63) is 65.2 Å². The van der Waals surface area contributed by atoms with E-state index in [2.05, 4.69) is 25.7 Å². The fourth-order valence-electron chi connectivity index (χ4n) is 2.70. The zero-order chi connectivity index (χ0) is 21.8. The molecule has 0 saturated carbocycles. The summed E-state index contributed by atoms with van der Waals surface area (Å²) in [6.45, 7) is 2.96. The second kappa shape index (κ2) is 12.4. The molecule has 1 amide bonds. The molecule has 2 rings (SSSR count). The Morgan fingerprint density at radius 2 is 1.87 bits per heavy atom. The Labute approximate surface area is 175 Å². The van der Waals surface area contributed by atoms with Gasteiger partial charge in [0.1, 0.15) is 5.75 Å². The Morgan fingerprint density at radius 1 is 1.07 bits per heavy atom. The minimum absolute atomic E-state index is 0.108. The lowest BCUT2D eigenvalue weighted by Gasteiger charge is -2.14. The number of nitrogens with one attached hydrogen (secondary N) is 3. The minimum Gasteiger partial charge on any atom is -0.434 e. The number of aliphatic imine (C=N–C) groups is 1. The molecule has 0 aliphatic rings. The standard InChI is InChI=1S/C22H28F2N4O2/c1-3-12-26-20(29)17-10-7-8-16(13-17)14-27-22(25-4-2)28-15-18-9-5-6-11-19(18)30-21(23)24/h5-11,13,21H,3-4,12,14-15H2,1-2H3,(H,26,29)(H2,25,27,28). The number of rotatable bonds is 10. The Balaban J connectivity index is 2.04. The zero-order valence-corrected chi connectivity index (χ0v) is 17.3. The average molecular weight is 418 g/mol. The SMILES string of the molecule is CCCNC(=O)c1cccc(CN=C(NCC)NCc2ccccc2OC(F)F)c1. The highest BCUT2D eigenvalue weighted by molar-refractivity contribution is 5.94. The van der Waals surface area contributed by atoms with Crippen molar-refractivity contribution in [1.82, 2.24) is 16.0 Å². The van der Waals surface area contributed by atoms with Crippen molar-refractivity contribution in [3.8, 4) is 5.75 Å². The van der Waals surface area contributed by atoms with Crippen LogP contribution in [0.2, 0.25) is 0 Å². The number of amides is 1. The number of benzene rings is 2. The molecule has 0 unspecified atom stereocenters. The van der Waals surface area contributed by atoms with Gasteiger partial charge in [0.05, 0.1) is 6.54 Å². The molecule has 30 heavy (non-hydrogen) atoms. The van der Waals surface area contributed by atoms with E-state index in [1.807, 2.05) is 32.0 Å². The lowest BCUT2D eigenvalue weighted by Crippen LogP contribution is -2.36. The molecule has 2 aromatic rings. The summed E-state index contributed by atoms with van der Waals surface area (Å²) in [4.78, 5) is 16.7. The molecule has 8 heteroatoms. The van der Waals surface area contributed by atoms with Crippen LogP contribution in [0.1, 0.15) is 41.8 Å². The van der Waals surface area contributed by atoms with Crippen LogP contribution in [0, 0.1) is 0 Å². The van der Waals surface area contributed by atoms with Crippen molar-refractivity contribution in [1.29, 1.82) is 0 Å². The van der Waals surface area contributed by atoms with Gasteiger partial charge in [-0.15, -0.1) is 0 Å². The van der Waals surface area contributed by atoms with Crippen molar-refractivity contribution in [3.63, 3.8) is 0 Å². The number of halogens is 2. The van der Waals surface area contributed by atoms with E-state index >= 15 is 0 Å². The molecular weight excluding hydrogens is 390 g/mol. The van der Waals surface area contributed by atoms with Crippen LogP contribution in [0.15, 0.2) is 53.5 Å². The highest BCUT2D eigenvalue weighted by Gasteiger charge is 2.10. The van der Waals surface area contributed by atoms with Crippen LogP contribution in [-0.2, 0) is 13.1 Å². The smallest absolute Gasteiger partial charge is 0.387 e. The molecule has 2 aromatic carbocycles. The first kappa shape index (κ1) is 23.1. The number of guanidine groups is 1. The normalized spacial score (nSPS) is 11.3. The van der Waals surface area contributed by atoms with E-state index in [4.69, 9.17) is 0 Å². The van der Waals surface area contributed by atoms with Gasteiger partial charge in [-0.05, 0) is 37.1 Å². The number of ether oxygens (including phenoxy) is 1. The molecular formula is C22H28F2N4O2. The molecule has 6 nitrogen and oxygen atoms in total. The van der Waals surface area contributed by atoms with Crippen molar-refractivity contribution in [2.45, 2.75) is 40.0 Å². The van der Waals surface area contributed by atoms with Gasteiger partial charge in [0.25, 0.3) is 5.91 Å². The van der Waals surface area contributed by atoms with Gasteiger partial charge in [0, 0.05) is 30.8 Å². The first-order chi connectivity index (χ1) is 14.5. The van der Waals surface area contributed by atoms with E-state index in [-0.39, 0.29) is 18.2 Å². The van der Waals surface area contributed by atoms with Crippen LogP contribution in [0.25, 0.3) is 0 Å². The summed E-state index contributed by atoms with van der Waals surface area (Å²) in [5.74, 6) is 0.551. The number of alkyl halides is 2. The van der Waals surface area contributed by atoms with Crippen molar-refractivity contribution >= 4 is 11.9 Å². The summed E-state index contributed by atoms with van der Waals surface area (Å²) in [6.07, 6.45) is 0.874. The Morgan fingerprint density at radius 3 is 2.60 bits per heavy atom. The van der Waals surface area contributed by atoms with Crippen molar-refractivity contribution in [2.75, 3.05) is 13.1 Å².